The molecular formula is C19H14F3N3O3. The van der Waals surface area contributed by atoms with Crippen LogP contribution in [-0.2, 0) is 13.2 Å². The number of aryl methyl sites for hydroxylation is 1. The van der Waals surface area contributed by atoms with Gasteiger partial charge in [-0.15, -0.1) is 0 Å². The third-order valence-corrected chi connectivity index (χ3v) is 4.00. The van der Waals surface area contributed by atoms with Crippen LogP contribution in [0.25, 0.3) is 11.1 Å². The number of carbonyl (C=O) groups excluding carboxylic acids is 1. The number of rotatable bonds is 4. The molecule has 0 unspecified atom stereocenters. The number of carbonyl (C=O) groups is 2. The number of nitrogens with one attached hydrogen (secondary N) is 1. The molecule has 2 N–H and O–H groups in total. The monoisotopic (exact) mass is 389 g/mol. The number of aromatic carboxylic acids is 1. The van der Waals surface area contributed by atoms with Crippen LogP contribution in [0, 0.1) is 0 Å². The molecule has 0 atom stereocenters. The number of hydrogen-bond acceptors (Lipinski definition) is 3. The van der Waals surface area contributed by atoms with Crippen LogP contribution in [0.2, 0.25) is 0 Å². The van der Waals surface area contributed by atoms with Gasteiger partial charge in [0.15, 0.2) is 5.82 Å². The van der Waals surface area contributed by atoms with E-state index in [-0.39, 0.29) is 17.2 Å². The van der Waals surface area contributed by atoms with Crippen LogP contribution in [-0.4, -0.2) is 26.5 Å². The van der Waals surface area contributed by atoms with Crippen molar-refractivity contribution in [1.29, 1.82) is 0 Å². The number of imidazole rings is 1. The molecule has 1 amide bonds. The number of carboxylic acid groups (broad SMARTS) is 1. The Morgan fingerprint density at radius 1 is 1.07 bits per heavy atom. The van der Waals surface area contributed by atoms with Gasteiger partial charge in [-0.3, -0.25) is 4.79 Å². The van der Waals surface area contributed by atoms with Gasteiger partial charge in [-0.1, -0.05) is 30.3 Å². The standard InChI is InChI=1S/C19H14F3N3O3/c1-25-10-15(23-16(25)18(27)28)24-17(26)14-5-3-2-4-13(14)11-6-8-12(9-7-11)19(20,21)22/h2-10H,1H3,(H,24,26)(H,27,28). The molecule has 144 valence electrons. The highest BCUT2D eigenvalue weighted by Gasteiger charge is 2.30. The highest BCUT2D eigenvalue weighted by molar-refractivity contribution is 6.08. The molecule has 0 radical (unpaired) electrons. The number of benzene rings is 2. The topological polar surface area (TPSA) is 84.2 Å². The first-order valence-corrected chi connectivity index (χ1v) is 8.01. The lowest BCUT2D eigenvalue weighted by molar-refractivity contribution is -0.137. The normalized spacial score (nSPS) is 11.3. The molecule has 0 fully saturated rings. The van der Waals surface area contributed by atoms with Gasteiger partial charge >= 0.3 is 12.1 Å². The molecule has 1 heterocycles. The van der Waals surface area contributed by atoms with Crippen molar-refractivity contribution in [3.63, 3.8) is 0 Å². The Morgan fingerprint density at radius 3 is 2.29 bits per heavy atom. The van der Waals surface area contributed by atoms with Gasteiger partial charge in [0.1, 0.15) is 0 Å². The van der Waals surface area contributed by atoms with Crippen LogP contribution in [0.15, 0.2) is 54.7 Å². The molecule has 0 saturated carbocycles. The molecule has 0 saturated heterocycles. The number of hydrogen-bond donors (Lipinski definition) is 2. The summed E-state index contributed by atoms with van der Waals surface area (Å²) in [5.74, 6) is -2.00. The molecule has 3 rings (SSSR count). The fourth-order valence-electron chi connectivity index (χ4n) is 2.68. The Balaban J connectivity index is 1.90. The fraction of sp³-hybridized carbons (Fsp3) is 0.105. The van der Waals surface area contributed by atoms with Crippen LogP contribution < -0.4 is 5.32 Å². The van der Waals surface area contributed by atoms with Crippen LogP contribution in [0.3, 0.4) is 0 Å². The molecule has 1 aromatic heterocycles. The Kier molecular flexibility index (Phi) is 4.91. The van der Waals surface area contributed by atoms with Gasteiger partial charge in [-0.25, -0.2) is 9.78 Å². The van der Waals surface area contributed by atoms with Gasteiger partial charge in [-0.05, 0) is 29.3 Å². The zero-order valence-electron chi connectivity index (χ0n) is 14.5. The first-order valence-electron chi connectivity index (χ1n) is 8.01. The van der Waals surface area contributed by atoms with Crippen molar-refractivity contribution in [3.05, 3.63) is 71.7 Å². The molecule has 0 aliphatic rings. The molecular weight excluding hydrogens is 375 g/mol. The summed E-state index contributed by atoms with van der Waals surface area (Å²) in [6, 6.07) is 10.9. The molecule has 0 aliphatic carbocycles. The van der Waals surface area contributed by atoms with Crippen molar-refractivity contribution in [1.82, 2.24) is 9.55 Å². The maximum absolute atomic E-state index is 12.7. The van der Waals surface area contributed by atoms with Gasteiger partial charge in [0, 0.05) is 18.8 Å². The average molecular weight is 389 g/mol. The number of amides is 1. The summed E-state index contributed by atoms with van der Waals surface area (Å²) in [6.45, 7) is 0. The Hall–Kier alpha value is -3.62. The van der Waals surface area contributed by atoms with E-state index < -0.39 is 23.6 Å². The van der Waals surface area contributed by atoms with Crippen molar-refractivity contribution in [2.24, 2.45) is 7.05 Å². The number of halogens is 3. The van der Waals surface area contributed by atoms with E-state index in [9.17, 15) is 22.8 Å². The van der Waals surface area contributed by atoms with Crippen molar-refractivity contribution in [3.8, 4) is 11.1 Å². The van der Waals surface area contributed by atoms with Crippen LogP contribution in [0.5, 0.6) is 0 Å². The third-order valence-electron chi connectivity index (χ3n) is 4.00. The minimum atomic E-state index is -4.45. The minimum Gasteiger partial charge on any atom is -0.475 e. The van der Waals surface area contributed by atoms with E-state index in [0.29, 0.717) is 11.1 Å². The smallest absolute Gasteiger partial charge is 0.416 e. The Labute approximate surface area is 157 Å². The highest BCUT2D eigenvalue weighted by Crippen LogP contribution is 2.32. The van der Waals surface area contributed by atoms with Crippen molar-refractivity contribution >= 4 is 17.7 Å². The van der Waals surface area contributed by atoms with Gasteiger partial charge in [0.05, 0.1) is 5.56 Å². The van der Waals surface area contributed by atoms with E-state index >= 15 is 0 Å². The SMILES string of the molecule is Cn1cc(NC(=O)c2ccccc2-c2ccc(C(F)(F)F)cc2)nc1C(=O)O. The van der Waals surface area contributed by atoms with Crippen molar-refractivity contribution in [2.45, 2.75) is 6.18 Å². The van der Waals surface area contributed by atoms with E-state index in [1.54, 1.807) is 18.2 Å². The molecule has 28 heavy (non-hydrogen) atoms. The van der Waals surface area contributed by atoms with E-state index in [0.717, 1.165) is 12.1 Å². The van der Waals surface area contributed by atoms with Crippen LogP contribution in [0.1, 0.15) is 26.5 Å². The molecule has 9 heteroatoms. The molecule has 0 spiro atoms. The maximum atomic E-state index is 12.7. The van der Waals surface area contributed by atoms with Gasteiger partial charge in [-0.2, -0.15) is 13.2 Å². The second kappa shape index (κ2) is 7.18. The van der Waals surface area contributed by atoms with Crippen molar-refractivity contribution < 1.29 is 27.9 Å². The van der Waals surface area contributed by atoms with E-state index in [1.807, 2.05) is 0 Å². The number of aromatic nitrogens is 2. The van der Waals surface area contributed by atoms with E-state index in [2.05, 4.69) is 10.3 Å². The summed E-state index contributed by atoms with van der Waals surface area (Å²) in [6.07, 6.45) is -3.10. The second-order valence-corrected chi connectivity index (χ2v) is 5.94. The summed E-state index contributed by atoms with van der Waals surface area (Å²) in [5.41, 5.74) is 0.298. The fourth-order valence-corrected chi connectivity index (χ4v) is 2.68. The highest BCUT2D eigenvalue weighted by atomic mass is 19.4. The second-order valence-electron chi connectivity index (χ2n) is 5.94. The lowest BCUT2D eigenvalue weighted by Crippen LogP contribution is -2.13. The zero-order valence-corrected chi connectivity index (χ0v) is 14.5. The van der Waals surface area contributed by atoms with Gasteiger partial charge < -0.3 is 15.0 Å². The number of alkyl halides is 3. The largest absolute Gasteiger partial charge is 0.475 e. The molecule has 0 bridgehead atoms. The maximum Gasteiger partial charge on any atom is 0.416 e. The van der Waals surface area contributed by atoms with Crippen molar-refractivity contribution in [2.75, 3.05) is 5.32 Å². The number of carboxylic acids is 1. The summed E-state index contributed by atoms with van der Waals surface area (Å²) >= 11 is 0. The predicted octanol–water partition coefficient (Wildman–Crippen LogP) is 4.06. The summed E-state index contributed by atoms with van der Waals surface area (Å²) in [5, 5.41) is 11.5. The predicted molar refractivity (Wildman–Crippen MR) is 95.0 cm³/mol. The van der Waals surface area contributed by atoms with Crippen LogP contribution >= 0.6 is 0 Å². The van der Waals surface area contributed by atoms with Gasteiger partial charge in [0.2, 0.25) is 5.82 Å². The van der Waals surface area contributed by atoms with Crippen LogP contribution in [0.4, 0.5) is 19.0 Å². The average Bonchev–Trinajstić information content (AvgIpc) is 3.01. The first kappa shape index (κ1) is 19.2. The van der Waals surface area contributed by atoms with E-state index in [4.69, 9.17) is 5.11 Å². The van der Waals surface area contributed by atoms with Gasteiger partial charge in [0.25, 0.3) is 5.91 Å². The van der Waals surface area contributed by atoms with E-state index in [1.165, 1.54) is 36.0 Å². The Bertz CT molecular complexity index is 1040. The molecule has 2 aromatic carbocycles. The minimum absolute atomic E-state index is 0.0483. The molecule has 3 aromatic rings. The lowest BCUT2D eigenvalue weighted by atomic mass is 9.98. The molecule has 6 nitrogen and oxygen atoms in total. The third kappa shape index (κ3) is 3.88. The molecule has 0 aliphatic heterocycles. The quantitative estimate of drug-likeness (QED) is 0.705. The lowest BCUT2D eigenvalue weighted by Gasteiger charge is -2.11. The summed E-state index contributed by atoms with van der Waals surface area (Å²) in [4.78, 5) is 27.5. The number of nitrogens with zero attached hydrogens (tertiary/aromatic N) is 2. The zero-order chi connectivity index (χ0) is 20.5. The summed E-state index contributed by atoms with van der Waals surface area (Å²) in [7, 11) is 1.47. The first-order chi connectivity index (χ1) is 13.2. The number of anilines is 1. The Morgan fingerprint density at radius 2 is 1.71 bits per heavy atom. The summed E-state index contributed by atoms with van der Waals surface area (Å²) < 4.78 is 39.5.